The van der Waals surface area contributed by atoms with Gasteiger partial charge >= 0.3 is 0 Å². The van der Waals surface area contributed by atoms with Gasteiger partial charge in [0.15, 0.2) is 5.17 Å². The van der Waals surface area contributed by atoms with Gasteiger partial charge < -0.3 is 5.32 Å². The van der Waals surface area contributed by atoms with E-state index in [0.717, 1.165) is 30.2 Å². The first-order valence-electron chi connectivity index (χ1n) is 5.51. The second kappa shape index (κ2) is 6.06. The van der Waals surface area contributed by atoms with Gasteiger partial charge in [-0.3, -0.25) is 15.1 Å². The highest BCUT2D eigenvalue weighted by Crippen LogP contribution is 2.26. The minimum absolute atomic E-state index is 0.0156. The van der Waals surface area contributed by atoms with Gasteiger partial charge in [-0.15, -0.1) is 0 Å². The number of nitro benzene ring substituents is 1. The molecule has 0 amide bonds. The number of nitrogens with zero attached hydrogens (tertiary/aromatic N) is 2. The molecule has 2 rings (SSSR count). The molecule has 0 aromatic heterocycles. The number of hydrogen-bond acceptors (Lipinski definition) is 5. The molecule has 0 fully saturated rings. The van der Waals surface area contributed by atoms with Crippen molar-refractivity contribution < 1.29 is 4.92 Å². The Balaban J connectivity index is 2.01. The number of hydrogen-bond donors (Lipinski definition) is 1. The van der Waals surface area contributed by atoms with Crippen molar-refractivity contribution in [3.05, 3.63) is 38.9 Å². The second-order valence-corrected chi connectivity index (χ2v) is 5.16. The van der Waals surface area contributed by atoms with Crippen LogP contribution in [0.1, 0.15) is 12.0 Å². The molecule has 1 aromatic carbocycles. The van der Waals surface area contributed by atoms with Gasteiger partial charge in [-0.2, -0.15) is 0 Å². The average Bonchev–Trinajstić information content (AvgIpc) is 2.38. The number of rotatable bonds is 3. The van der Waals surface area contributed by atoms with Crippen LogP contribution in [0.25, 0.3) is 0 Å². The van der Waals surface area contributed by atoms with Crippen LogP contribution in [0.3, 0.4) is 0 Å². The molecule has 0 bridgehead atoms. The molecule has 96 valence electrons. The van der Waals surface area contributed by atoms with Gasteiger partial charge in [-0.25, -0.2) is 0 Å². The van der Waals surface area contributed by atoms with Crippen molar-refractivity contribution in [1.82, 2.24) is 5.32 Å². The van der Waals surface area contributed by atoms with Gasteiger partial charge in [0.1, 0.15) is 0 Å². The molecule has 18 heavy (non-hydrogen) atoms. The average molecular weight is 286 g/mol. The van der Waals surface area contributed by atoms with E-state index in [1.165, 1.54) is 12.1 Å². The molecule has 0 unspecified atom stereocenters. The summed E-state index contributed by atoms with van der Waals surface area (Å²) in [4.78, 5) is 14.5. The third-order valence-electron chi connectivity index (χ3n) is 2.48. The maximum atomic E-state index is 10.6. The Hall–Kier alpha value is -1.27. The van der Waals surface area contributed by atoms with E-state index in [0.29, 0.717) is 10.8 Å². The number of aliphatic imine (C=N–C) groups is 1. The summed E-state index contributed by atoms with van der Waals surface area (Å²) in [7, 11) is 0. The van der Waals surface area contributed by atoms with Crippen molar-refractivity contribution >= 4 is 34.2 Å². The molecule has 0 radical (unpaired) electrons. The topological polar surface area (TPSA) is 67.5 Å². The van der Waals surface area contributed by atoms with Crippen molar-refractivity contribution in [1.29, 1.82) is 0 Å². The number of non-ortho nitro benzene ring substituents is 1. The fraction of sp³-hybridized carbons (Fsp3) is 0.364. The fourth-order valence-corrected chi connectivity index (χ4v) is 2.77. The molecule has 1 aromatic rings. The molecule has 1 aliphatic rings. The van der Waals surface area contributed by atoms with E-state index in [2.05, 4.69) is 10.3 Å². The highest BCUT2D eigenvalue weighted by molar-refractivity contribution is 8.13. The first-order valence-corrected chi connectivity index (χ1v) is 6.87. The molecule has 1 aliphatic heterocycles. The third kappa shape index (κ3) is 3.36. The number of amidine groups is 1. The zero-order valence-electron chi connectivity index (χ0n) is 9.56. The predicted molar refractivity (Wildman–Crippen MR) is 74.3 cm³/mol. The smallest absolute Gasteiger partial charge is 0.270 e. The lowest BCUT2D eigenvalue weighted by Gasteiger charge is -2.13. The van der Waals surface area contributed by atoms with Gasteiger partial charge in [0.2, 0.25) is 0 Å². The molecule has 0 saturated carbocycles. The summed E-state index contributed by atoms with van der Waals surface area (Å²) in [6.45, 7) is 1.79. The van der Waals surface area contributed by atoms with E-state index in [1.54, 1.807) is 17.8 Å². The Labute approximate surface area is 114 Å². The summed E-state index contributed by atoms with van der Waals surface area (Å²) in [6.07, 6.45) is 1.06. The highest BCUT2D eigenvalue weighted by Gasteiger charge is 2.11. The van der Waals surface area contributed by atoms with Crippen LogP contribution in [0.15, 0.2) is 23.2 Å². The molecular weight excluding hydrogens is 274 g/mol. The minimum atomic E-state index is -0.449. The SMILES string of the molecule is O=[N+]([O-])c1ccc(CSC2=NCCCN2)c(Cl)c1. The molecule has 5 nitrogen and oxygen atoms in total. The molecule has 7 heteroatoms. The van der Waals surface area contributed by atoms with Crippen LogP contribution >= 0.6 is 23.4 Å². The largest absolute Gasteiger partial charge is 0.365 e. The number of thioether (sulfide) groups is 1. The third-order valence-corrected chi connectivity index (χ3v) is 3.83. The van der Waals surface area contributed by atoms with Crippen LogP contribution in [0, 0.1) is 10.1 Å². The zero-order valence-corrected chi connectivity index (χ0v) is 11.1. The lowest BCUT2D eigenvalue weighted by molar-refractivity contribution is -0.384. The molecule has 1 N–H and O–H groups in total. The number of halogens is 1. The monoisotopic (exact) mass is 285 g/mol. The number of nitrogens with one attached hydrogen (secondary N) is 1. The van der Waals surface area contributed by atoms with Gasteiger partial charge in [0.05, 0.1) is 9.95 Å². The Morgan fingerprint density at radius 2 is 2.39 bits per heavy atom. The van der Waals surface area contributed by atoms with Crippen molar-refractivity contribution in [2.75, 3.05) is 13.1 Å². The Morgan fingerprint density at radius 3 is 3.00 bits per heavy atom. The summed E-state index contributed by atoms with van der Waals surface area (Å²) in [5, 5.41) is 15.1. The number of benzene rings is 1. The lowest BCUT2D eigenvalue weighted by Crippen LogP contribution is -2.26. The first-order chi connectivity index (χ1) is 8.66. The van der Waals surface area contributed by atoms with Crippen LogP contribution in [-0.2, 0) is 5.75 Å². The summed E-state index contributed by atoms with van der Waals surface area (Å²) in [6, 6.07) is 4.54. The standard InChI is InChI=1S/C11H12ClN3O2S/c12-10-6-9(15(16)17)3-2-8(10)7-18-11-13-4-1-5-14-11/h2-3,6H,1,4-5,7H2,(H,13,14). The van der Waals surface area contributed by atoms with Crippen LogP contribution in [-0.4, -0.2) is 23.2 Å². The molecule has 0 atom stereocenters. The van der Waals surface area contributed by atoms with Crippen molar-refractivity contribution in [2.45, 2.75) is 12.2 Å². The normalized spacial score (nSPS) is 14.8. The zero-order chi connectivity index (χ0) is 13.0. The maximum Gasteiger partial charge on any atom is 0.270 e. The van der Waals surface area contributed by atoms with E-state index in [1.807, 2.05) is 0 Å². The molecule has 0 aliphatic carbocycles. The summed E-state index contributed by atoms with van der Waals surface area (Å²) in [5.74, 6) is 0.655. The molecule has 0 saturated heterocycles. The van der Waals surface area contributed by atoms with Crippen LogP contribution in [0.5, 0.6) is 0 Å². The van der Waals surface area contributed by atoms with Crippen molar-refractivity contribution in [3.8, 4) is 0 Å². The van der Waals surface area contributed by atoms with Crippen molar-refractivity contribution in [3.63, 3.8) is 0 Å². The fourth-order valence-electron chi connectivity index (χ4n) is 1.52. The Kier molecular flexibility index (Phi) is 4.43. The van der Waals surface area contributed by atoms with Gasteiger partial charge in [-0.05, 0) is 18.1 Å². The Morgan fingerprint density at radius 1 is 1.56 bits per heavy atom. The van der Waals surface area contributed by atoms with E-state index in [-0.39, 0.29) is 5.69 Å². The number of nitro groups is 1. The summed E-state index contributed by atoms with van der Waals surface area (Å²) >= 11 is 7.58. The predicted octanol–water partition coefficient (Wildman–Crippen LogP) is 2.83. The van der Waals surface area contributed by atoms with Gasteiger partial charge in [0, 0.05) is 31.0 Å². The lowest BCUT2D eigenvalue weighted by atomic mass is 10.2. The maximum absolute atomic E-state index is 10.6. The molecule has 0 spiro atoms. The first kappa shape index (κ1) is 13.2. The highest BCUT2D eigenvalue weighted by atomic mass is 35.5. The van der Waals surface area contributed by atoms with E-state index in [4.69, 9.17) is 11.6 Å². The molecular formula is C11H12ClN3O2S. The Bertz CT molecular complexity index is 493. The van der Waals surface area contributed by atoms with E-state index >= 15 is 0 Å². The summed E-state index contributed by atoms with van der Waals surface area (Å²) in [5.41, 5.74) is 0.893. The van der Waals surface area contributed by atoms with Gasteiger partial charge in [0.25, 0.3) is 5.69 Å². The summed E-state index contributed by atoms with van der Waals surface area (Å²) < 4.78 is 0. The van der Waals surface area contributed by atoms with Crippen LogP contribution in [0.4, 0.5) is 5.69 Å². The quantitative estimate of drug-likeness (QED) is 0.685. The van der Waals surface area contributed by atoms with Gasteiger partial charge in [-0.1, -0.05) is 23.4 Å². The second-order valence-electron chi connectivity index (χ2n) is 3.79. The minimum Gasteiger partial charge on any atom is -0.365 e. The van der Waals surface area contributed by atoms with Crippen LogP contribution in [0.2, 0.25) is 5.02 Å². The van der Waals surface area contributed by atoms with E-state index < -0.39 is 4.92 Å². The molecule has 1 heterocycles. The van der Waals surface area contributed by atoms with Crippen LogP contribution < -0.4 is 5.32 Å². The van der Waals surface area contributed by atoms with Crippen molar-refractivity contribution in [2.24, 2.45) is 4.99 Å². The van der Waals surface area contributed by atoms with E-state index in [9.17, 15) is 10.1 Å².